The topological polar surface area (TPSA) is 51.9 Å². The molecule has 5 rings (SSSR count). The van der Waals surface area contributed by atoms with Crippen molar-refractivity contribution in [3.63, 3.8) is 0 Å². The molecule has 5 heteroatoms. The highest BCUT2D eigenvalue weighted by molar-refractivity contribution is 6.05. The molecule has 1 saturated heterocycles. The Hall–Kier alpha value is -3.31. The van der Waals surface area contributed by atoms with Crippen LogP contribution in [0.15, 0.2) is 64.6 Å². The van der Waals surface area contributed by atoms with Crippen LogP contribution in [0.4, 0.5) is 5.88 Å². The Balaban J connectivity index is 1.41. The molecule has 146 valence electrons. The molecule has 0 amide bonds. The molecule has 0 saturated carbocycles. The predicted octanol–water partition coefficient (Wildman–Crippen LogP) is 4.56. The molecule has 0 aliphatic carbocycles. The van der Waals surface area contributed by atoms with Crippen molar-refractivity contribution >= 4 is 34.5 Å². The molecule has 0 spiro atoms. The van der Waals surface area contributed by atoms with Crippen LogP contribution in [0.1, 0.15) is 16.9 Å². The third kappa shape index (κ3) is 3.57. The molecule has 29 heavy (non-hydrogen) atoms. The van der Waals surface area contributed by atoms with Crippen LogP contribution in [-0.2, 0) is 14.3 Å². The first kappa shape index (κ1) is 17.8. The lowest BCUT2D eigenvalue weighted by Crippen LogP contribution is -2.35. The number of aryl methyl sites for hydroxylation is 1. The average Bonchev–Trinajstić information content (AvgIpc) is 3.35. The molecule has 3 aromatic rings. The van der Waals surface area contributed by atoms with Crippen molar-refractivity contribution in [3.8, 4) is 0 Å². The van der Waals surface area contributed by atoms with Crippen molar-refractivity contribution < 1.29 is 18.7 Å². The fraction of sp³-hybridized carbons (Fsp3) is 0.208. The monoisotopic (exact) mass is 387 g/mol. The first-order valence-electron chi connectivity index (χ1n) is 9.75. The fourth-order valence-corrected chi connectivity index (χ4v) is 3.68. The van der Waals surface area contributed by atoms with Gasteiger partial charge in [-0.05, 0) is 42.0 Å². The number of morpholine rings is 1. The molecule has 0 atom stereocenters. The maximum Gasteiger partial charge on any atom is 0.343 e. The summed E-state index contributed by atoms with van der Waals surface area (Å²) in [5, 5.41) is 2.28. The van der Waals surface area contributed by atoms with E-state index < -0.39 is 0 Å². The van der Waals surface area contributed by atoms with Crippen LogP contribution < -0.4 is 4.90 Å². The van der Waals surface area contributed by atoms with E-state index >= 15 is 0 Å². The highest BCUT2D eigenvalue weighted by Gasteiger charge is 2.23. The molecule has 0 unspecified atom stereocenters. The van der Waals surface area contributed by atoms with Crippen LogP contribution in [0, 0.1) is 6.92 Å². The molecule has 0 radical (unpaired) electrons. The molecule has 2 aliphatic heterocycles. The summed E-state index contributed by atoms with van der Waals surface area (Å²) in [7, 11) is 0. The van der Waals surface area contributed by atoms with Crippen molar-refractivity contribution in [3.05, 3.63) is 77.1 Å². The van der Waals surface area contributed by atoms with E-state index in [4.69, 9.17) is 13.9 Å². The molecular weight excluding hydrogens is 366 g/mol. The van der Waals surface area contributed by atoms with Gasteiger partial charge in [-0.3, -0.25) is 0 Å². The smallest absolute Gasteiger partial charge is 0.343 e. The van der Waals surface area contributed by atoms with Crippen molar-refractivity contribution in [2.24, 2.45) is 0 Å². The summed E-state index contributed by atoms with van der Waals surface area (Å²) < 4.78 is 16.8. The summed E-state index contributed by atoms with van der Waals surface area (Å²) in [6.45, 7) is 5.07. The van der Waals surface area contributed by atoms with Gasteiger partial charge in [-0.25, -0.2) is 4.79 Å². The van der Waals surface area contributed by atoms with E-state index in [1.165, 1.54) is 10.9 Å². The first-order valence-corrected chi connectivity index (χ1v) is 9.75. The van der Waals surface area contributed by atoms with Gasteiger partial charge in [-0.2, -0.15) is 0 Å². The van der Waals surface area contributed by atoms with Gasteiger partial charge in [0.25, 0.3) is 0 Å². The van der Waals surface area contributed by atoms with E-state index in [1.807, 2.05) is 24.3 Å². The van der Waals surface area contributed by atoms with Crippen LogP contribution in [0.2, 0.25) is 0 Å². The van der Waals surface area contributed by atoms with Crippen molar-refractivity contribution in [1.82, 2.24) is 0 Å². The van der Waals surface area contributed by atoms with E-state index in [1.54, 1.807) is 12.2 Å². The third-order valence-corrected chi connectivity index (χ3v) is 5.24. The second-order valence-electron chi connectivity index (χ2n) is 7.34. The molecule has 1 fully saturated rings. The number of carbonyl (C=O) groups excluding carboxylic acids is 1. The van der Waals surface area contributed by atoms with Gasteiger partial charge >= 0.3 is 5.97 Å². The second kappa shape index (κ2) is 7.26. The minimum absolute atomic E-state index is 0.367. The Kier molecular flexibility index (Phi) is 4.45. The number of benzene rings is 2. The van der Waals surface area contributed by atoms with Gasteiger partial charge in [0, 0.05) is 24.7 Å². The first-order chi connectivity index (χ1) is 14.2. The number of cyclic esters (lactones) is 1. The van der Waals surface area contributed by atoms with Gasteiger partial charge in [0.05, 0.1) is 18.8 Å². The minimum Gasteiger partial charge on any atom is -0.441 e. The summed E-state index contributed by atoms with van der Waals surface area (Å²) in [6.07, 6.45) is 3.50. The number of ether oxygens (including phenoxy) is 2. The zero-order chi connectivity index (χ0) is 19.8. The quantitative estimate of drug-likeness (QED) is 0.487. The number of anilines is 1. The SMILES string of the molecule is Cc1ccc2cc(C3=C/C(=C/c4ccc(N5CCOCC5)o4)C(=O)O3)ccc2c1. The Labute approximate surface area is 168 Å². The van der Waals surface area contributed by atoms with Gasteiger partial charge in [0.2, 0.25) is 0 Å². The molecule has 0 bridgehead atoms. The van der Waals surface area contributed by atoms with Crippen molar-refractivity contribution in [2.45, 2.75) is 6.92 Å². The van der Waals surface area contributed by atoms with Gasteiger partial charge in [-0.1, -0.05) is 35.9 Å². The van der Waals surface area contributed by atoms with Crippen LogP contribution in [-0.4, -0.2) is 32.3 Å². The Bertz CT molecular complexity index is 1150. The Morgan fingerprint density at radius 2 is 1.76 bits per heavy atom. The number of carbonyl (C=O) groups is 1. The number of rotatable bonds is 3. The van der Waals surface area contributed by atoms with Crippen LogP contribution in [0.3, 0.4) is 0 Å². The van der Waals surface area contributed by atoms with Gasteiger partial charge in [0.15, 0.2) is 5.88 Å². The summed E-state index contributed by atoms with van der Waals surface area (Å²) >= 11 is 0. The lowest BCUT2D eigenvalue weighted by atomic mass is 10.0. The highest BCUT2D eigenvalue weighted by Crippen LogP contribution is 2.30. The number of nitrogens with zero attached hydrogens (tertiary/aromatic N) is 1. The third-order valence-electron chi connectivity index (χ3n) is 5.24. The molecule has 1 aromatic heterocycles. The van der Waals surface area contributed by atoms with Crippen molar-refractivity contribution in [2.75, 3.05) is 31.2 Å². The fourth-order valence-electron chi connectivity index (χ4n) is 3.68. The molecule has 5 nitrogen and oxygen atoms in total. The number of hydrogen-bond acceptors (Lipinski definition) is 5. The number of esters is 1. The second-order valence-corrected chi connectivity index (χ2v) is 7.34. The Morgan fingerprint density at radius 1 is 0.966 bits per heavy atom. The number of hydrogen-bond donors (Lipinski definition) is 0. The van der Waals surface area contributed by atoms with E-state index in [9.17, 15) is 4.79 Å². The summed E-state index contributed by atoms with van der Waals surface area (Å²) in [5.74, 6) is 1.61. The molecular formula is C24H21NO4. The zero-order valence-electron chi connectivity index (χ0n) is 16.2. The number of fused-ring (bicyclic) bond motifs is 1. The predicted molar refractivity (Wildman–Crippen MR) is 112 cm³/mol. The largest absolute Gasteiger partial charge is 0.441 e. The van der Waals surface area contributed by atoms with Gasteiger partial charge < -0.3 is 18.8 Å². The standard InChI is InChI=1S/C24H21NO4/c1-16-2-3-18-13-19(5-4-17(18)12-16)22-15-20(24(26)29-22)14-21-6-7-23(28-21)25-8-10-27-11-9-25/h2-7,12-15H,8-11H2,1H3/b20-14-. The van der Waals surface area contributed by atoms with Gasteiger partial charge in [-0.15, -0.1) is 0 Å². The van der Waals surface area contributed by atoms with Crippen LogP contribution >= 0.6 is 0 Å². The van der Waals surface area contributed by atoms with E-state index in [0.29, 0.717) is 30.3 Å². The summed E-state index contributed by atoms with van der Waals surface area (Å²) in [6, 6.07) is 16.2. The van der Waals surface area contributed by atoms with E-state index in [0.717, 1.165) is 29.9 Å². The molecule has 3 heterocycles. The van der Waals surface area contributed by atoms with Crippen LogP contribution in [0.5, 0.6) is 0 Å². The summed E-state index contributed by atoms with van der Waals surface area (Å²) in [4.78, 5) is 14.5. The minimum atomic E-state index is -0.367. The van der Waals surface area contributed by atoms with Crippen LogP contribution in [0.25, 0.3) is 22.6 Å². The molecule has 0 N–H and O–H groups in total. The van der Waals surface area contributed by atoms with Crippen molar-refractivity contribution in [1.29, 1.82) is 0 Å². The average molecular weight is 387 g/mol. The number of furan rings is 1. The normalized spacial score (nSPS) is 18.4. The lowest BCUT2D eigenvalue weighted by molar-refractivity contribution is -0.130. The lowest BCUT2D eigenvalue weighted by Gasteiger charge is -2.26. The zero-order valence-corrected chi connectivity index (χ0v) is 16.2. The van der Waals surface area contributed by atoms with E-state index in [-0.39, 0.29) is 5.97 Å². The molecule has 2 aromatic carbocycles. The van der Waals surface area contributed by atoms with E-state index in [2.05, 4.69) is 36.1 Å². The maximum absolute atomic E-state index is 12.4. The van der Waals surface area contributed by atoms with Gasteiger partial charge in [0.1, 0.15) is 11.5 Å². The highest BCUT2D eigenvalue weighted by atomic mass is 16.5. The summed E-state index contributed by atoms with van der Waals surface area (Å²) in [5.41, 5.74) is 2.58. The maximum atomic E-state index is 12.4. The molecule has 2 aliphatic rings. The Morgan fingerprint density at radius 3 is 2.62 bits per heavy atom.